The number of benzene rings is 1. The summed E-state index contributed by atoms with van der Waals surface area (Å²) in [5.74, 6) is 1.76. The Morgan fingerprint density at radius 2 is 2.23 bits per heavy atom. The van der Waals surface area contributed by atoms with E-state index in [4.69, 9.17) is 14.0 Å². The molecule has 9 nitrogen and oxygen atoms in total. The molecule has 30 heavy (non-hydrogen) atoms. The normalized spacial score (nSPS) is 19.4. The summed E-state index contributed by atoms with van der Waals surface area (Å²) >= 11 is 0. The summed E-state index contributed by atoms with van der Waals surface area (Å²) < 4.78 is 16.4. The largest absolute Gasteiger partial charge is 0.497 e. The van der Waals surface area contributed by atoms with E-state index in [2.05, 4.69) is 10.1 Å². The lowest BCUT2D eigenvalue weighted by molar-refractivity contribution is -0.140. The molecule has 0 bridgehead atoms. The van der Waals surface area contributed by atoms with Gasteiger partial charge in [0.2, 0.25) is 17.6 Å². The van der Waals surface area contributed by atoms with Crippen molar-refractivity contribution < 1.29 is 23.6 Å². The van der Waals surface area contributed by atoms with Crippen molar-refractivity contribution in [2.45, 2.75) is 31.8 Å². The number of morpholine rings is 1. The van der Waals surface area contributed by atoms with Crippen LogP contribution in [0.15, 0.2) is 28.8 Å². The van der Waals surface area contributed by atoms with Crippen LogP contribution in [0.1, 0.15) is 37.7 Å². The number of hydrogen-bond acceptors (Lipinski definition) is 7. The van der Waals surface area contributed by atoms with Gasteiger partial charge in [-0.2, -0.15) is 4.98 Å². The minimum atomic E-state index is -0.449. The zero-order chi connectivity index (χ0) is 20.9. The third kappa shape index (κ3) is 4.62. The standard InChI is InChI=1S/C21H26N4O5/c1-28-16-6-2-5-15(13-16)20-22-21(30-23-20)17-14-25(11-12-29-17)19(27)8-4-10-24-9-3-7-18(24)26/h2,5-6,13,17H,3-4,7-12,14H2,1H3. The number of methoxy groups -OCH3 is 1. The second-order valence-electron chi connectivity index (χ2n) is 7.48. The monoisotopic (exact) mass is 414 g/mol. The highest BCUT2D eigenvalue weighted by Crippen LogP contribution is 2.26. The van der Waals surface area contributed by atoms with E-state index in [9.17, 15) is 9.59 Å². The van der Waals surface area contributed by atoms with Gasteiger partial charge in [-0.1, -0.05) is 17.3 Å². The van der Waals surface area contributed by atoms with Crippen molar-refractivity contribution in [2.75, 3.05) is 39.9 Å². The Labute approximate surface area is 174 Å². The van der Waals surface area contributed by atoms with Crippen LogP contribution in [0.5, 0.6) is 5.75 Å². The van der Waals surface area contributed by atoms with Gasteiger partial charge in [-0.3, -0.25) is 9.59 Å². The van der Waals surface area contributed by atoms with Crippen molar-refractivity contribution in [2.24, 2.45) is 0 Å². The highest BCUT2D eigenvalue weighted by Gasteiger charge is 2.29. The molecule has 1 aromatic heterocycles. The van der Waals surface area contributed by atoms with Gasteiger partial charge in [-0.15, -0.1) is 0 Å². The van der Waals surface area contributed by atoms with Gasteiger partial charge >= 0.3 is 0 Å². The zero-order valence-corrected chi connectivity index (χ0v) is 17.1. The molecule has 2 aliphatic heterocycles. The molecule has 3 heterocycles. The molecule has 0 N–H and O–H groups in total. The van der Waals surface area contributed by atoms with Crippen molar-refractivity contribution in [3.8, 4) is 17.1 Å². The van der Waals surface area contributed by atoms with Gasteiger partial charge in [0.15, 0.2) is 6.10 Å². The lowest BCUT2D eigenvalue weighted by Gasteiger charge is -2.31. The highest BCUT2D eigenvalue weighted by molar-refractivity contribution is 5.78. The molecule has 0 aliphatic carbocycles. The van der Waals surface area contributed by atoms with Gasteiger partial charge in [0.25, 0.3) is 5.89 Å². The first-order valence-electron chi connectivity index (χ1n) is 10.3. The first-order chi connectivity index (χ1) is 14.6. The second-order valence-corrected chi connectivity index (χ2v) is 7.48. The molecule has 2 aliphatic rings. The van der Waals surface area contributed by atoms with Crippen LogP contribution in [-0.2, 0) is 14.3 Å². The summed E-state index contributed by atoms with van der Waals surface area (Å²) in [7, 11) is 1.60. The fourth-order valence-corrected chi connectivity index (χ4v) is 3.79. The van der Waals surface area contributed by atoms with E-state index in [1.54, 1.807) is 12.0 Å². The van der Waals surface area contributed by atoms with Crippen LogP contribution < -0.4 is 4.74 Å². The molecular weight excluding hydrogens is 388 g/mol. The average molecular weight is 414 g/mol. The maximum atomic E-state index is 12.6. The number of likely N-dealkylation sites (tertiary alicyclic amines) is 1. The van der Waals surface area contributed by atoms with Crippen molar-refractivity contribution in [1.29, 1.82) is 0 Å². The average Bonchev–Trinajstić information content (AvgIpc) is 3.43. The molecule has 2 aromatic rings. The molecule has 2 fully saturated rings. The number of aromatic nitrogens is 2. The first kappa shape index (κ1) is 20.3. The SMILES string of the molecule is COc1cccc(-c2noc(C3CN(C(=O)CCCN4CCCC4=O)CCO3)n2)c1. The smallest absolute Gasteiger partial charge is 0.257 e. The van der Waals surface area contributed by atoms with Crippen LogP contribution in [-0.4, -0.2) is 71.7 Å². The fourth-order valence-electron chi connectivity index (χ4n) is 3.79. The van der Waals surface area contributed by atoms with Crippen LogP contribution in [0.4, 0.5) is 0 Å². The fraction of sp³-hybridized carbons (Fsp3) is 0.524. The van der Waals surface area contributed by atoms with E-state index < -0.39 is 6.10 Å². The quantitative estimate of drug-likeness (QED) is 0.684. The van der Waals surface area contributed by atoms with Gasteiger partial charge in [-0.25, -0.2) is 0 Å². The topological polar surface area (TPSA) is 98.0 Å². The Bertz CT molecular complexity index is 899. The van der Waals surface area contributed by atoms with Crippen molar-refractivity contribution in [3.05, 3.63) is 30.2 Å². The Balaban J connectivity index is 1.33. The number of hydrogen-bond donors (Lipinski definition) is 0. The Morgan fingerprint density at radius 1 is 1.33 bits per heavy atom. The van der Waals surface area contributed by atoms with Gasteiger partial charge in [-0.05, 0) is 25.0 Å². The number of carbonyl (C=O) groups excluding carboxylic acids is 2. The summed E-state index contributed by atoms with van der Waals surface area (Å²) in [6.45, 7) is 2.78. The third-order valence-corrected chi connectivity index (χ3v) is 5.45. The van der Waals surface area contributed by atoms with Crippen LogP contribution in [0.25, 0.3) is 11.4 Å². The predicted octanol–water partition coefficient (Wildman–Crippen LogP) is 2.05. The van der Waals surface area contributed by atoms with Gasteiger partial charge in [0.1, 0.15) is 5.75 Å². The number of amides is 2. The third-order valence-electron chi connectivity index (χ3n) is 5.45. The lowest BCUT2D eigenvalue weighted by Crippen LogP contribution is -2.42. The molecule has 2 saturated heterocycles. The molecule has 0 spiro atoms. The molecule has 1 aromatic carbocycles. The molecule has 1 atom stereocenters. The van der Waals surface area contributed by atoms with Crippen molar-refractivity contribution in [3.63, 3.8) is 0 Å². The van der Waals surface area contributed by atoms with Crippen LogP contribution in [0.2, 0.25) is 0 Å². The number of carbonyl (C=O) groups is 2. The van der Waals surface area contributed by atoms with E-state index in [0.29, 0.717) is 63.0 Å². The van der Waals surface area contributed by atoms with E-state index in [1.165, 1.54) is 0 Å². The van der Waals surface area contributed by atoms with E-state index >= 15 is 0 Å². The first-order valence-corrected chi connectivity index (χ1v) is 10.3. The minimum absolute atomic E-state index is 0.0579. The number of nitrogens with zero attached hydrogens (tertiary/aromatic N) is 4. The molecule has 0 radical (unpaired) electrons. The zero-order valence-electron chi connectivity index (χ0n) is 17.1. The summed E-state index contributed by atoms with van der Waals surface area (Å²) in [5, 5.41) is 4.05. The van der Waals surface area contributed by atoms with Crippen LogP contribution in [0, 0.1) is 0 Å². The molecule has 9 heteroatoms. The Morgan fingerprint density at radius 3 is 3.03 bits per heavy atom. The summed E-state index contributed by atoms with van der Waals surface area (Å²) in [5.41, 5.74) is 0.782. The predicted molar refractivity (Wildman–Crippen MR) is 107 cm³/mol. The molecule has 2 amide bonds. The van der Waals surface area contributed by atoms with Gasteiger partial charge in [0.05, 0.1) is 20.3 Å². The highest BCUT2D eigenvalue weighted by atomic mass is 16.5. The lowest BCUT2D eigenvalue weighted by atomic mass is 10.2. The van der Waals surface area contributed by atoms with Crippen molar-refractivity contribution in [1.82, 2.24) is 19.9 Å². The summed E-state index contributed by atoms with van der Waals surface area (Å²) in [6, 6.07) is 7.41. The van der Waals surface area contributed by atoms with Crippen LogP contribution >= 0.6 is 0 Å². The van der Waals surface area contributed by atoms with Gasteiger partial charge < -0.3 is 23.8 Å². The Kier molecular flexibility index (Phi) is 6.27. The summed E-state index contributed by atoms with van der Waals surface area (Å²) in [4.78, 5) is 32.4. The van der Waals surface area contributed by atoms with Crippen molar-refractivity contribution >= 4 is 11.8 Å². The number of ether oxygens (including phenoxy) is 2. The van der Waals surface area contributed by atoms with E-state index in [1.807, 2.05) is 29.2 Å². The van der Waals surface area contributed by atoms with E-state index in [-0.39, 0.29) is 11.8 Å². The van der Waals surface area contributed by atoms with Crippen LogP contribution in [0.3, 0.4) is 0 Å². The molecular formula is C21H26N4O5. The molecule has 4 rings (SSSR count). The van der Waals surface area contributed by atoms with E-state index in [0.717, 1.165) is 18.5 Å². The molecule has 0 saturated carbocycles. The maximum absolute atomic E-state index is 12.6. The number of rotatable bonds is 7. The molecule has 160 valence electrons. The Hall–Kier alpha value is -2.94. The molecule has 1 unspecified atom stereocenters. The maximum Gasteiger partial charge on any atom is 0.257 e. The van der Waals surface area contributed by atoms with Gasteiger partial charge in [0, 0.05) is 38.0 Å². The minimum Gasteiger partial charge on any atom is -0.497 e. The summed E-state index contributed by atoms with van der Waals surface area (Å²) in [6.07, 6.45) is 2.18. The second kappa shape index (κ2) is 9.25.